The Labute approximate surface area is 289 Å². The average molecular weight is 681 g/mol. The first-order valence-corrected chi connectivity index (χ1v) is 18.4. The van der Waals surface area contributed by atoms with E-state index in [4.69, 9.17) is 18.1 Å². The minimum atomic E-state index is -1.54. The Bertz CT molecular complexity index is 1780. The molecule has 2 unspecified atom stereocenters. The van der Waals surface area contributed by atoms with Gasteiger partial charge in [-0.15, -0.1) is 0 Å². The number of aromatic nitrogens is 1. The van der Waals surface area contributed by atoms with E-state index in [0.717, 1.165) is 51.6 Å². The molecule has 1 N–H and O–H groups in total. The van der Waals surface area contributed by atoms with Crippen molar-refractivity contribution >= 4 is 17.6 Å². The third-order valence-electron chi connectivity index (χ3n) is 7.77. The quantitative estimate of drug-likeness (QED) is 0.133. The van der Waals surface area contributed by atoms with Gasteiger partial charge in [0, 0.05) is 30.1 Å². The smallest absolute Gasteiger partial charge is 0.421 e. The molecule has 6 nitrogen and oxygen atoms in total. The third-order valence-corrected chi connectivity index (χ3v) is 9.73. The van der Waals surface area contributed by atoms with Gasteiger partial charge in [-0.25, -0.2) is 0 Å². The van der Waals surface area contributed by atoms with E-state index in [1.54, 1.807) is 0 Å². The molecule has 5 aromatic rings. The molecule has 250 valence electrons. The van der Waals surface area contributed by atoms with Crippen molar-refractivity contribution in [1.29, 1.82) is 0 Å². The summed E-state index contributed by atoms with van der Waals surface area (Å²) in [5.41, 5.74) is 6.45. The van der Waals surface area contributed by atoms with Gasteiger partial charge in [0.1, 0.15) is 23.0 Å². The highest BCUT2D eigenvalue weighted by molar-refractivity contribution is 7.46. The van der Waals surface area contributed by atoms with E-state index in [2.05, 4.69) is 89.3 Å². The van der Waals surface area contributed by atoms with Crippen LogP contribution in [0.1, 0.15) is 68.2 Å². The summed E-state index contributed by atoms with van der Waals surface area (Å²) in [5, 5.41) is 3.04. The fourth-order valence-electron chi connectivity index (χ4n) is 5.19. The highest BCUT2D eigenvalue weighted by Crippen LogP contribution is 2.48. The van der Waals surface area contributed by atoms with Crippen molar-refractivity contribution in [2.24, 2.45) is 0 Å². The lowest BCUT2D eigenvalue weighted by Crippen LogP contribution is -2.06. The first-order chi connectivity index (χ1) is 23.3. The molecule has 4 aromatic carbocycles. The summed E-state index contributed by atoms with van der Waals surface area (Å²) in [6.07, 6.45) is 9.27. The normalized spacial score (nSPS) is 12.9. The lowest BCUT2D eigenvalue weighted by atomic mass is 10.0. The molecule has 1 aromatic heterocycles. The molecule has 0 radical (unpaired) electrons. The molecule has 2 atom stereocenters. The fourth-order valence-corrected chi connectivity index (χ4v) is 7.02. The van der Waals surface area contributed by atoms with Crippen molar-refractivity contribution in [2.45, 2.75) is 59.8 Å². The lowest BCUT2D eigenvalue weighted by Gasteiger charge is -2.23. The van der Waals surface area contributed by atoms with E-state index in [1.807, 2.05) is 83.6 Å². The Morgan fingerprint density at radius 3 is 1.77 bits per heavy atom. The van der Waals surface area contributed by atoms with Gasteiger partial charge in [-0.3, -0.25) is 4.34 Å². The van der Waals surface area contributed by atoms with Crippen molar-refractivity contribution in [3.63, 3.8) is 0 Å². The number of hydrogen-bond acceptors (Lipinski definition) is 5. The Morgan fingerprint density at radius 2 is 1.19 bits per heavy atom. The van der Waals surface area contributed by atoms with Crippen LogP contribution < -0.4 is 23.4 Å². The van der Waals surface area contributed by atoms with Crippen LogP contribution in [-0.2, 0) is 0 Å². The lowest BCUT2D eigenvalue weighted by molar-refractivity contribution is 0.474. The Morgan fingerprint density at radius 1 is 0.646 bits per heavy atom. The van der Waals surface area contributed by atoms with Gasteiger partial charge >= 0.3 is 8.53 Å². The summed E-state index contributed by atoms with van der Waals surface area (Å²) in [5.74, 6) is 3.80. The zero-order valence-corrected chi connectivity index (χ0v) is 30.5. The van der Waals surface area contributed by atoms with Crippen LogP contribution in [0.4, 0.5) is 0 Å². The van der Waals surface area contributed by atoms with Gasteiger partial charge in [-0.1, -0.05) is 94.4 Å². The maximum atomic E-state index is 6.73. The second-order valence-electron chi connectivity index (χ2n) is 12.3. The van der Waals surface area contributed by atoms with E-state index in [1.165, 1.54) is 12.0 Å². The molecule has 6 rings (SSSR count). The molecule has 2 heterocycles. The Hall–Kier alpha value is -4.24. The number of benzene rings is 4. The molecule has 0 bridgehead atoms. The van der Waals surface area contributed by atoms with Crippen molar-refractivity contribution in [2.75, 3.05) is 6.54 Å². The van der Waals surface area contributed by atoms with E-state index in [9.17, 15) is 0 Å². The van der Waals surface area contributed by atoms with E-state index in [-0.39, 0.29) is 9.03 Å². The molecule has 1 aliphatic heterocycles. The van der Waals surface area contributed by atoms with Crippen LogP contribution in [0.25, 0.3) is 11.1 Å². The Kier molecular flexibility index (Phi) is 12.6. The standard InChI is InChI=1S/C36H39NO4P2.C4H7N/c1-25(2)29-19-17-27(5)23-35(29)39-42-38-33-15-9-7-13-31(33)32-14-8-10-16-34(32)40-43(37-21-11-12-22-37)41-36-24-28(6)18-20-30(36)26(3)4;1-2-4-5-3-1/h7-26,42H,1-6H3;1,3,5H,2,4H2. The number of aryl methyl sites for hydroxylation is 2. The van der Waals surface area contributed by atoms with Gasteiger partial charge in [0.15, 0.2) is 0 Å². The number of nitrogens with zero attached hydrogens (tertiary/aromatic N) is 1. The zero-order chi connectivity index (χ0) is 33.9. The van der Waals surface area contributed by atoms with Crippen LogP contribution in [0.5, 0.6) is 23.0 Å². The van der Waals surface area contributed by atoms with Crippen molar-refractivity contribution in [3.05, 3.63) is 144 Å². The van der Waals surface area contributed by atoms with Crippen LogP contribution in [-0.4, -0.2) is 10.9 Å². The predicted octanol–water partition coefficient (Wildman–Crippen LogP) is 11.7. The van der Waals surface area contributed by atoms with E-state index >= 15 is 0 Å². The summed E-state index contributed by atoms with van der Waals surface area (Å²) in [6, 6.07) is 32.7. The molecule has 0 fully saturated rings. The van der Waals surface area contributed by atoms with Crippen LogP contribution in [0.2, 0.25) is 0 Å². The monoisotopic (exact) mass is 680 g/mol. The average Bonchev–Trinajstić information content (AvgIpc) is 3.83. The SMILES string of the molecule is C1=CNCC1.Cc1ccc(C(C)C)c(OPOc2ccccc2-c2ccccc2OP(Oc2cc(C)ccc2C(C)C)n2cccc2)c1. The van der Waals surface area contributed by atoms with Gasteiger partial charge in [0.2, 0.25) is 0 Å². The van der Waals surface area contributed by atoms with Gasteiger partial charge in [-0.05, 0) is 97.0 Å². The predicted molar refractivity (Wildman–Crippen MR) is 202 cm³/mol. The second kappa shape index (κ2) is 17.2. The third kappa shape index (κ3) is 9.43. The fraction of sp³-hybridized carbons (Fsp3) is 0.250. The highest BCUT2D eigenvalue weighted by atomic mass is 31.2. The van der Waals surface area contributed by atoms with Crippen molar-refractivity contribution in [1.82, 2.24) is 9.65 Å². The molecule has 8 heteroatoms. The molecular weight excluding hydrogens is 634 g/mol. The molecule has 0 amide bonds. The topological polar surface area (TPSA) is 53.9 Å². The first kappa shape index (κ1) is 35.1. The molecular formula is C40H46N2O4P2. The second-order valence-corrected chi connectivity index (χ2v) is 14.2. The molecule has 48 heavy (non-hydrogen) atoms. The summed E-state index contributed by atoms with van der Waals surface area (Å²) < 4.78 is 27.8. The summed E-state index contributed by atoms with van der Waals surface area (Å²) in [6.45, 7) is 14.0. The van der Waals surface area contributed by atoms with Crippen molar-refractivity contribution in [3.8, 4) is 34.1 Å². The van der Waals surface area contributed by atoms with Crippen LogP contribution >= 0.6 is 17.6 Å². The minimum absolute atomic E-state index is 0.201. The number of rotatable bonds is 12. The maximum absolute atomic E-state index is 6.73. The van der Waals surface area contributed by atoms with E-state index in [0.29, 0.717) is 17.6 Å². The van der Waals surface area contributed by atoms with E-state index < -0.39 is 8.53 Å². The summed E-state index contributed by atoms with van der Waals surface area (Å²) in [7, 11) is -1.74. The summed E-state index contributed by atoms with van der Waals surface area (Å²) >= 11 is 0. The van der Waals surface area contributed by atoms with Crippen molar-refractivity contribution < 1.29 is 18.1 Å². The summed E-state index contributed by atoms with van der Waals surface area (Å²) in [4.78, 5) is 0. The molecule has 0 aliphatic carbocycles. The van der Waals surface area contributed by atoms with Crippen LogP contribution in [0.3, 0.4) is 0 Å². The van der Waals surface area contributed by atoms with Crippen LogP contribution in [0, 0.1) is 13.8 Å². The van der Waals surface area contributed by atoms with Crippen LogP contribution in [0.15, 0.2) is 122 Å². The molecule has 0 saturated carbocycles. The number of para-hydroxylation sites is 2. The minimum Gasteiger partial charge on any atom is -0.440 e. The highest BCUT2D eigenvalue weighted by Gasteiger charge is 2.23. The number of hydrogen-bond donors (Lipinski definition) is 1. The van der Waals surface area contributed by atoms with Gasteiger partial charge in [0.05, 0.1) is 0 Å². The molecule has 0 saturated heterocycles. The number of nitrogens with one attached hydrogen (secondary N) is 1. The first-order valence-electron chi connectivity index (χ1n) is 16.5. The molecule has 0 spiro atoms. The van der Waals surface area contributed by atoms with Gasteiger partial charge in [-0.2, -0.15) is 0 Å². The molecule has 1 aliphatic rings. The van der Waals surface area contributed by atoms with Gasteiger partial charge in [0.25, 0.3) is 9.03 Å². The van der Waals surface area contributed by atoms with Gasteiger partial charge < -0.3 is 23.4 Å². The maximum Gasteiger partial charge on any atom is 0.421 e. The Balaban J connectivity index is 0.000000825. The largest absolute Gasteiger partial charge is 0.440 e. The zero-order valence-electron chi connectivity index (χ0n) is 28.6.